The Kier molecular flexibility index (Phi) is 6.73. The molecule has 0 aliphatic heterocycles. The standard InChI is InChI=1S/C15H22N2O3/c1-12(2)17(10-6-9-15(19)20)11-14(18)16-13-7-4-3-5-8-13/h3-5,7-8,12H,6,9-11H2,1-2H3,(H,16,18)(H,19,20). The third kappa shape index (κ3) is 6.33. The normalized spacial score (nSPS) is 10.8. The number of benzene rings is 1. The second kappa shape index (κ2) is 8.32. The lowest BCUT2D eigenvalue weighted by Gasteiger charge is -2.25. The second-order valence-electron chi connectivity index (χ2n) is 4.98. The zero-order valence-corrected chi connectivity index (χ0v) is 12.0. The SMILES string of the molecule is CC(C)N(CCCC(=O)O)CC(=O)Nc1ccccc1. The van der Waals surface area contributed by atoms with Crippen LogP contribution >= 0.6 is 0 Å². The highest BCUT2D eigenvalue weighted by Crippen LogP contribution is 2.06. The van der Waals surface area contributed by atoms with E-state index in [1.54, 1.807) is 0 Å². The molecule has 110 valence electrons. The quantitative estimate of drug-likeness (QED) is 0.765. The lowest BCUT2D eigenvalue weighted by Crippen LogP contribution is -2.38. The number of hydrogen-bond donors (Lipinski definition) is 2. The molecular weight excluding hydrogens is 256 g/mol. The van der Waals surface area contributed by atoms with Gasteiger partial charge >= 0.3 is 5.97 Å². The number of nitrogens with zero attached hydrogens (tertiary/aromatic N) is 1. The molecule has 0 radical (unpaired) electrons. The zero-order chi connectivity index (χ0) is 15.0. The summed E-state index contributed by atoms with van der Waals surface area (Å²) in [6.07, 6.45) is 0.676. The lowest BCUT2D eigenvalue weighted by atomic mass is 10.2. The minimum atomic E-state index is -0.803. The minimum Gasteiger partial charge on any atom is -0.481 e. The second-order valence-corrected chi connectivity index (χ2v) is 4.98. The number of rotatable bonds is 8. The van der Waals surface area contributed by atoms with Crippen LogP contribution in [-0.4, -0.2) is 41.0 Å². The Bertz CT molecular complexity index is 432. The predicted molar refractivity (Wildman–Crippen MR) is 78.7 cm³/mol. The monoisotopic (exact) mass is 278 g/mol. The Balaban J connectivity index is 2.44. The first-order valence-corrected chi connectivity index (χ1v) is 6.80. The molecule has 1 amide bonds. The van der Waals surface area contributed by atoms with Crippen LogP contribution in [0.25, 0.3) is 0 Å². The van der Waals surface area contributed by atoms with Crippen molar-refractivity contribution in [3.05, 3.63) is 30.3 Å². The molecule has 0 aliphatic carbocycles. The van der Waals surface area contributed by atoms with E-state index in [2.05, 4.69) is 5.32 Å². The first kappa shape index (κ1) is 16.2. The van der Waals surface area contributed by atoms with E-state index in [0.29, 0.717) is 13.0 Å². The van der Waals surface area contributed by atoms with Crippen LogP contribution in [0.1, 0.15) is 26.7 Å². The van der Waals surface area contributed by atoms with Gasteiger partial charge in [-0.05, 0) is 38.9 Å². The van der Waals surface area contributed by atoms with Crippen molar-refractivity contribution in [1.82, 2.24) is 4.90 Å². The van der Waals surface area contributed by atoms with Gasteiger partial charge in [-0.15, -0.1) is 0 Å². The number of aliphatic carboxylic acids is 1. The number of anilines is 1. The molecule has 0 spiro atoms. The Hall–Kier alpha value is -1.88. The molecule has 2 N–H and O–H groups in total. The molecular formula is C15H22N2O3. The van der Waals surface area contributed by atoms with E-state index in [0.717, 1.165) is 5.69 Å². The molecule has 5 nitrogen and oxygen atoms in total. The maximum atomic E-state index is 12.0. The van der Waals surface area contributed by atoms with Crippen molar-refractivity contribution in [3.8, 4) is 0 Å². The summed E-state index contributed by atoms with van der Waals surface area (Å²) in [5.41, 5.74) is 0.770. The number of para-hydroxylation sites is 1. The van der Waals surface area contributed by atoms with Crippen LogP contribution < -0.4 is 5.32 Å². The highest BCUT2D eigenvalue weighted by molar-refractivity contribution is 5.92. The van der Waals surface area contributed by atoms with Gasteiger partial charge in [0.15, 0.2) is 0 Å². The topological polar surface area (TPSA) is 69.6 Å². The summed E-state index contributed by atoms with van der Waals surface area (Å²) in [6.45, 7) is 4.87. The number of nitrogens with one attached hydrogen (secondary N) is 1. The number of carboxylic acids is 1. The zero-order valence-electron chi connectivity index (χ0n) is 12.0. The third-order valence-corrected chi connectivity index (χ3v) is 2.97. The summed E-state index contributed by atoms with van der Waals surface area (Å²) in [7, 11) is 0. The van der Waals surface area contributed by atoms with Gasteiger partial charge in [-0.2, -0.15) is 0 Å². The van der Waals surface area contributed by atoms with Crippen molar-refractivity contribution in [2.24, 2.45) is 0 Å². The van der Waals surface area contributed by atoms with Gasteiger partial charge in [0.1, 0.15) is 0 Å². The van der Waals surface area contributed by atoms with E-state index in [9.17, 15) is 9.59 Å². The molecule has 1 aromatic carbocycles. The van der Waals surface area contributed by atoms with Crippen molar-refractivity contribution in [3.63, 3.8) is 0 Å². The summed E-state index contributed by atoms with van der Waals surface area (Å²) in [4.78, 5) is 24.4. The molecule has 5 heteroatoms. The molecule has 0 saturated carbocycles. The van der Waals surface area contributed by atoms with Gasteiger partial charge in [0.2, 0.25) is 5.91 Å². The molecule has 0 atom stereocenters. The number of carboxylic acid groups (broad SMARTS) is 1. The molecule has 1 rings (SSSR count). The van der Waals surface area contributed by atoms with Gasteiger partial charge in [0, 0.05) is 18.2 Å². The van der Waals surface area contributed by atoms with Crippen molar-refractivity contribution < 1.29 is 14.7 Å². The molecule has 0 heterocycles. The minimum absolute atomic E-state index is 0.0831. The fourth-order valence-corrected chi connectivity index (χ4v) is 1.86. The van der Waals surface area contributed by atoms with E-state index < -0.39 is 5.97 Å². The van der Waals surface area contributed by atoms with E-state index in [1.807, 2.05) is 49.1 Å². The van der Waals surface area contributed by atoms with Crippen LogP contribution in [0.5, 0.6) is 0 Å². The van der Waals surface area contributed by atoms with Gasteiger partial charge < -0.3 is 10.4 Å². The van der Waals surface area contributed by atoms with E-state index in [1.165, 1.54) is 0 Å². The Morgan fingerprint density at radius 3 is 2.45 bits per heavy atom. The van der Waals surface area contributed by atoms with Crippen LogP contribution in [-0.2, 0) is 9.59 Å². The average molecular weight is 278 g/mol. The third-order valence-electron chi connectivity index (χ3n) is 2.97. The maximum absolute atomic E-state index is 12.0. The van der Waals surface area contributed by atoms with E-state index in [4.69, 9.17) is 5.11 Å². The molecule has 0 aliphatic rings. The van der Waals surface area contributed by atoms with Crippen molar-refractivity contribution in [1.29, 1.82) is 0 Å². The number of amides is 1. The van der Waals surface area contributed by atoms with Crippen LogP contribution in [0, 0.1) is 0 Å². The smallest absolute Gasteiger partial charge is 0.303 e. The fourth-order valence-electron chi connectivity index (χ4n) is 1.86. The number of hydrogen-bond acceptors (Lipinski definition) is 3. The summed E-state index contributed by atoms with van der Waals surface area (Å²) in [5.74, 6) is -0.886. The predicted octanol–water partition coefficient (Wildman–Crippen LogP) is 2.20. The highest BCUT2D eigenvalue weighted by Gasteiger charge is 2.14. The van der Waals surface area contributed by atoms with Crippen molar-refractivity contribution >= 4 is 17.6 Å². The van der Waals surface area contributed by atoms with Gasteiger partial charge in [-0.25, -0.2) is 0 Å². The van der Waals surface area contributed by atoms with Crippen LogP contribution in [0.4, 0.5) is 5.69 Å². The molecule has 0 unspecified atom stereocenters. The fraction of sp³-hybridized carbons (Fsp3) is 0.467. The summed E-state index contributed by atoms with van der Waals surface area (Å²) in [5, 5.41) is 11.5. The first-order valence-electron chi connectivity index (χ1n) is 6.80. The molecule has 20 heavy (non-hydrogen) atoms. The molecule has 1 aromatic rings. The maximum Gasteiger partial charge on any atom is 0.303 e. The van der Waals surface area contributed by atoms with Crippen molar-refractivity contribution in [2.45, 2.75) is 32.7 Å². The van der Waals surface area contributed by atoms with Gasteiger partial charge in [-0.1, -0.05) is 18.2 Å². The molecule has 0 saturated heterocycles. The van der Waals surface area contributed by atoms with Crippen LogP contribution in [0.2, 0.25) is 0 Å². The van der Waals surface area contributed by atoms with Gasteiger partial charge in [-0.3, -0.25) is 14.5 Å². The Morgan fingerprint density at radius 2 is 1.90 bits per heavy atom. The van der Waals surface area contributed by atoms with E-state index in [-0.39, 0.29) is 24.9 Å². The van der Waals surface area contributed by atoms with Gasteiger partial charge in [0.05, 0.1) is 6.54 Å². The number of carbonyl (C=O) groups is 2. The van der Waals surface area contributed by atoms with Crippen LogP contribution in [0.3, 0.4) is 0 Å². The summed E-state index contributed by atoms with van der Waals surface area (Å²) < 4.78 is 0. The number of carbonyl (C=O) groups excluding carboxylic acids is 1. The molecule has 0 fully saturated rings. The van der Waals surface area contributed by atoms with Gasteiger partial charge in [0.25, 0.3) is 0 Å². The van der Waals surface area contributed by atoms with Crippen molar-refractivity contribution in [2.75, 3.05) is 18.4 Å². The summed E-state index contributed by atoms with van der Waals surface area (Å²) >= 11 is 0. The van der Waals surface area contributed by atoms with E-state index >= 15 is 0 Å². The Morgan fingerprint density at radius 1 is 1.25 bits per heavy atom. The first-order chi connectivity index (χ1) is 9.49. The largest absolute Gasteiger partial charge is 0.481 e. The average Bonchev–Trinajstić information content (AvgIpc) is 2.38. The summed E-state index contributed by atoms with van der Waals surface area (Å²) in [6, 6.07) is 9.49. The lowest BCUT2D eigenvalue weighted by molar-refractivity contribution is -0.137. The highest BCUT2D eigenvalue weighted by atomic mass is 16.4. The Labute approximate surface area is 119 Å². The molecule has 0 aromatic heterocycles. The van der Waals surface area contributed by atoms with Crippen LogP contribution in [0.15, 0.2) is 30.3 Å². The molecule has 0 bridgehead atoms.